The Morgan fingerprint density at radius 3 is 2.48 bits per heavy atom. The van der Waals surface area contributed by atoms with E-state index in [0.717, 1.165) is 4.57 Å². The Hall–Kier alpha value is -3.36. The number of aryl methyl sites for hydroxylation is 1. The van der Waals surface area contributed by atoms with Crippen LogP contribution in [0.2, 0.25) is 0 Å². The van der Waals surface area contributed by atoms with E-state index in [-0.39, 0.29) is 17.1 Å². The highest BCUT2D eigenvalue weighted by Crippen LogP contribution is 2.18. The molecule has 0 bridgehead atoms. The first kappa shape index (κ1) is 18.4. The van der Waals surface area contributed by atoms with E-state index < -0.39 is 17.3 Å². The van der Waals surface area contributed by atoms with Crippen LogP contribution >= 0.6 is 0 Å². The number of hydrogen-bond donors (Lipinski definition) is 1. The number of amides is 1. The summed E-state index contributed by atoms with van der Waals surface area (Å²) in [6.45, 7) is 4.12. The van der Waals surface area contributed by atoms with Crippen molar-refractivity contribution < 1.29 is 9.53 Å². The number of carbonyl (C=O) groups is 1. The maximum absolute atomic E-state index is 12.6. The zero-order valence-electron chi connectivity index (χ0n) is 15.6. The summed E-state index contributed by atoms with van der Waals surface area (Å²) in [6, 6.07) is 6.31. The van der Waals surface area contributed by atoms with E-state index in [1.54, 1.807) is 31.2 Å². The molecule has 2 aromatic heterocycles. The molecule has 0 saturated heterocycles. The van der Waals surface area contributed by atoms with Gasteiger partial charge in [0, 0.05) is 19.8 Å². The first-order chi connectivity index (χ1) is 12.8. The van der Waals surface area contributed by atoms with Crippen molar-refractivity contribution in [2.75, 3.05) is 11.9 Å². The summed E-state index contributed by atoms with van der Waals surface area (Å²) in [5.74, 6) is 0.405. The highest BCUT2D eigenvalue weighted by Gasteiger charge is 2.21. The van der Waals surface area contributed by atoms with Gasteiger partial charge in [-0.3, -0.25) is 18.7 Å². The standard InChI is InChI=1S/C18H21N5O4/c1-5-27-13-8-6-12(7-9-13)20-16(24)11(2)23-10-19-15-14(23)17(25)22(4)18(26)21(15)3/h6-11H,5H2,1-4H3,(H,20,24)/t11-/m1/s1. The van der Waals surface area contributed by atoms with Gasteiger partial charge in [-0.1, -0.05) is 0 Å². The number of ether oxygens (including phenoxy) is 1. The van der Waals surface area contributed by atoms with Gasteiger partial charge in [0.2, 0.25) is 5.91 Å². The van der Waals surface area contributed by atoms with Gasteiger partial charge in [-0.25, -0.2) is 9.78 Å². The monoisotopic (exact) mass is 371 g/mol. The molecule has 1 amide bonds. The number of carbonyl (C=O) groups excluding carboxylic acids is 1. The molecule has 3 rings (SSSR count). The van der Waals surface area contributed by atoms with Crippen molar-refractivity contribution in [2.24, 2.45) is 14.1 Å². The van der Waals surface area contributed by atoms with Crippen LogP contribution in [0, 0.1) is 0 Å². The second-order valence-electron chi connectivity index (χ2n) is 6.15. The summed E-state index contributed by atoms with van der Waals surface area (Å²) in [4.78, 5) is 41.3. The molecule has 27 heavy (non-hydrogen) atoms. The van der Waals surface area contributed by atoms with E-state index in [1.807, 2.05) is 6.92 Å². The lowest BCUT2D eigenvalue weighted by atomic mass is 10.2. The largest absolute Gasteiger partial charge is 0.494 e. The van der Waals surface area contributed by atoms with E-state index in [4.69, 9.17) is 4.74 Å². The van der Waals surface area contributed by atoms with E-state index in [1.165, 1.54) is 29.6 Å². The minimum atomic E-state index is -0.702. The summed E-state index contributed by atoms with van der Waals surface area (Å²) in [5, 5.41) is 2.80. The molecule has 0 radical (unpaired) electrons. The van der Waals surface area contributed by atoms with Crippen LogP contribution in [0.5, 0.6) is 5.75 Å². The van der Waals surface area contributed by atoms with Gasteiger partial charge in [-0.05, 0) is 38.1 Å². The highest BCUT2D eigenvalue weighted by molar-refractivity contribution is 5.94. The zero-order chi connectivity index (χ0) is 19.7. The van der Waals surface area contributed by atoms with E-state index in [0.29, 0.717) is 18.0 Å². The van der Waals surface area contributed by atoms with Gasteiger partial charge in [0.15, 0.2) is 11.2 Å². The number of benzene rings is 1. The molecule has 2 heterocycles. The Kier molecular flexibility index (Phi) is 4.85. The first-order valence-corrected chi connectivity index (χ1v) is 8.51. The third-order valence-corrected chi connectivity index (χ3v) is 4.40. The second-order valence-corrected chi connectivity index (χ2v) is 6.15. The number of nitrogens with one attached hydrogen (secondary N) is 1. The average Bonchev–Trinajstić information content (AvgIpc) is 3.11. The number of aromatic nitrogens is 4. The fourth-order valence-corrected chi connectivity index (χ4v) is 2.83. The minimum absolute atomic E-state index is 0.203. The number of fused-ring (bicyclic) bond motifs is 1. The summed E-state index contributed by atoms with van der Waals surface area (Å²) in [7, 11) is 2.93. The lowest BCUT2D eigenvalue weighted by molar-refractivity contribution is -0.118. The fourth-order valence-electron chi connectivity index (χ4n) is 2.83. The first-order valence-electron chi connectivity index (χ1n) is 8.51. The normalized spacial score (nSPS) is 12.1. The van der Waals surface area contributed by atoms with Gasteiger partial charge < -0.3 is 14.6 Å². The van der Waals surface area contributed by atoms with Gasteiger partial charge >= 0.3 is 5.69 Å². The molecule has 0 fully saturated rings. The molecule has 1 aromatic carbocycles. The predicted octanol–water partition coefficient (Wildman–Crippen LogP) is 1.03. The number of imidazole rings is 1. The van der Waals surface area contributed by atoms with Gasteiger partial charge in [-0.15, -0.1) is 0 Å². The van der Waals surface area contributed by atoms with Crippen molar-refractivity contribution in [1.29, 1.82) is 0 Å². The summed E-state index contributed by atoms with van der Waals surface area (Å²) in [6.07, 6.45) is 1.40. The molecule has 1 atom stereocenters. The minimum Gasteiger partial charge on any atom is -0.494 e. The van der Waals surface area contributed by atoms with Crippen LogP contribution in [0.15, 0.2) is 40.2 Å². The Morgan fingerprint density at radius 2 is 1.85 bits per heavy atom. The van der Waals surface area contributed by atoms with E-state index in [9.17, 15) is 14.4 Å². The third kappa shape index (κ3) is 3.23. The zero-order valence-corrected chi connectivity index (χ0v) is 15.6. The topological polar surface area (TPSA) is 100 Å². The summed E-state index contributed by atoms with van der Waals surface area (Å²) >= 11 is 0. The molecule has 0 aliphatic rings. The van der Waals surface area contributed by atoms with Crippen molar-refractivity contribution in [1.82, 2.24) is 18.7 Å². The predicted molar refractivity (Wildman–Crippen MR) is 101 cm³/mol. The number of hydrogen-bond acceptors (Lipinski definition) is 5. The summed E-state index contributed by atoms with van der Waals surface area (Å²) < 4.78 is 9.13. The maximum atomic E-state index is 12.6. The smallest absolute Gasteiger partial charge is 0.332 e. The molecular weight excluding hydrogens is 350 g/mol. The number of rotatable bonds is 5. The quantitative estimate of drug-likeness (QED) is 0.722. The highest BCUT2D eigenvalue weighted by atomic mass is 16.5. The molecular formula is C18H21N5O4. The van der Waals surface area contributed by atoms with Gasteiger partial charge in [0.1, 0.15) is 11.8 Å². The van der Waals surface area contributed by atoms with Crippen LogP contribution < -0.4 is 21.3 Å². The van der Waals surface area contributed by atoms with Crippen molar-refractivity contribution in [3.8, 4) is 5.75 Å². The third-order valence-electron chi connectivity index (χ3n) is 4.40. The molecule has 9 heteroatoms. The van der Waals surface area contributed by atoms with Crippen LogP contribution in [0.25, 0.3) is 11.2 Å². The fraction of sp³-hybridized carbons (Fsp3) is 0.333. The number of nitrogens with zero attached hydrogens (tertiary/aromatic N) is 4. The Labute approximate surface area is 154 Å². The maximum Gasteiger partial charge on any atom is 0.332 e. The molecule has 142 valence electrons. The van der Waals surface area contributed by atoms with Crippen molar-refractivity contribution >= 4 is 22.8 Å². The van der Waals surface area contributed by atoms with E-state index >= 15 is 0 Å². The molecule has 3 aromatic rings. The Balaban J connectivity index is 1.91. The van der Waals surface area contributed by atoms with E-state index in [2.05, 4.69) is 10.3 Å². The van der Waals surface area contributed by atoms with Crippen molar-refractivity contribution in [3.63, 3.8) is 0 Å². The summed E-state index contributed by atoms with van der Waals surface area (Å²) in [5.41, 5.74) is 0.0911. The van der Waals surface area contributed by atoms with Crippen LogP contribution in [-0.4, -0.2) is 31.2 Å². The molecule has 1 N–H and O–H groups in total. The molecule has 0 saturated carbocycles. The van der Waals surface area contributed by atoms with Crippen LogP contribution in [0.3, 0.4) is 0 Å². The number of anilines is 1. The van der Waals surface area contributed by atoms with Gasteiger partial charge in [0.25, 0.3) is 5.56 Å². The van der Waals surface area contributed by atoms with Gasteiger partial charge in [-0.2, -0.15) is 0 Å². The molecule has 0 aliphatic carbocycles. The SMILES string of the molecule is CCOc1ccc(NC(=O)[C@@H](C)n2cnc3c2c(=O)n(C)c(=O)n3C)cc1. The van der Waals surface area contributed by atoms with Crippen molar-refractivity contribution in [2.45, 2.75) is 19.9 Å². The molecule has 0 aliphatic heterocycles. The molecule has 9 nitrogen and oxygen atoms in total. The van der Waals surface area contributed by atoms with Crippen LogP contribution in [0.4, 0.5) is 5.69 Å². The Morgan fingerprint density at radius 1 is 1.19 bits per heavy atom. The Bertz CT molecular complexity index is 1110. The average molecular weight is 371 g/mol. The lowest BCUT2D eigenvalue weighted by Gasteiger charge is -2.15. The van der Waals surface area contributed by atoms with Crippen molar-refractivity contribution in [3.05, 3.63) is 51.4 Å². The molecule has 0 spiro atoms. The lowest BCUT2D eigenvalue weighted by Crippen LogP contribution is -2.38. The molecule has 0 unspecified atom stereocenters. The van der Waals surface area contributed by atoms with Crippen LogP contribution in [0.1, 0.15) is 19.9 Å². The van der Waals surface area contributed by atoms with Gasteiger partial charge in [0.05, 0.1) is 12.9 Å². The van der Waals surface area contributed by atoms with Crippen LogP contribution in [-0.2, 0) is 18.9 Å². The second kappa shape index (κ2) is 7.10.